The van der Waals surface area contributed by atoms with Crippen LogP contribution in [0.4, 0.5) is 10.1 Å². The van der Waals surface area contributed by atoms with Gasteiger partial charge in [-0.3, -0.25) is 4.79 Å². The number of benzene rings is 2. The van der Waals surface area contributed by atoms with Crippen LogP contribution in [0.5, 0.6) is 0 Å². The third-order valence-corrected chi connectivity index (χ3v) is 4.68. The van der Waals surface area contributed by atoms with Gasteiger partial charge in [-0.1, -0.05) is 36.4 Å². The second kappa shape index (κ2) is 8.66. The Balaban J connectivity index is 1.58. The molecule has 2 aromatic carbocycles. The van der Waals surface area contributed by atoms with Crippen LogP contribution in [0.3, 0.4) is 0 Å². The molecule has 1 aliphatic rings. The molecule has 2 aromatic rings. The van der Waals surface area contributed by atoms with E-state index in [1.54, 1.807) is 6.07 Å². The van der Waals surface area contributed by atoms with E-state index in [1.165, 1.54) is 6.07 Å². The van der Waals surface area contributed by atoms with Gasteiger partial charge in [0.05, 0.1) is 0 Å². The van der Waals surface area contributed by atoms with E-state index in [-0.39, 0.29) is 23.7 Å². The molecule has 142 valence electrons. The van der Waals surface area contributed by atoms with Crippen molar-refractivity contribution < 1.29 is 9.18 Å². The molecule has 0 spiro atoms. The van der Waals surface area contributed by atoms with Crippen molar-refractivity contribution in [3.63, 3.8) is 0 Å². The summed E-state index contributed by atoms with van der Waals surface area (Å²) in [5.74, 6) is 0.206. The predicted octanol–water partition coefficient (Wildman–Crippen LogP) is 3.05. The van der Waals surface area contributed by atoms with Crippen molar-refractivity contribution in [1.29, 1.82) is 0 Å². The van der Waals surface area contributed by atoms with E-state index in [4.69, 9.17) is 0 Å². The van der Waals surface area contributed by atoms with E-state index >= 15 is 0 Å². The zero-order valence-electron chi connectivity index (χ0n) is 15.5. The largest absolute Gasteiger partial charge is 0.357 e. The summed E-state index contributed by atoms with van der Waals surface area (Å²) in [6.45, 7) is 3.24. The van der Waals surface area contributed by atoms with Gasteiger partial charge in [0.25, 0.3) is 0 Å². The van der Waals surface area contributed by atoms with Crippen molar-refractivity contribution in [3.05, 3.63) is 66.0 Å². The number of carbonyl (C=O) groups excluding carboxylic acids is 1. The highest BCUT2D eigenvalue weighted by Gasteiger charge is 2.45. The minimum absolute atomic E-state index is 0.0108. The molecule has 27 heavy (non-hydrogen) atoms. The Kier molecular flexibility index (Phi) is 6.06. The van der Waals surface area contributed by atoms with Gasteiger partial charge in [0.1, 0.15) is 12.4 Å². The number of nitrogens with one attached hydrogen (secondary N) is 3. The molecule has 0 aromatic heterocycles. The summed E-state index contributed by atoms with van der Waals surface area (Å²) in [6, 6.07) is 16.2. The third kappa shape index (κ3) is 5.06. The molecule has 1 aliphatic carbocycles. The number of amides is 1. The summed E-state index contributed by atoms with van der Waals surface area (Å²) < 4.78 is 14.1. The Morgan fingerprint density at radius 2 is 1.78 bits per heavy atom. The predicted molar refractivity (Wildman–Crippen MR) is 106 cm³/mol. The molecule has 1 saturated carbocycles. The van der Waals surface area contributed by atoms with E-state index in [9.17, 15) is 9.18 Å². The van der Waals surface area contributed by atoms with Crippen LogP contribution in [0.15, 0.2) is 59.6 Å². The average Bonchev–Trinajstić information content (AvgIpc) is 3.46. The van der Waals surface area contributed by atoms with Crippen molar-refractivity contribution in [2.75, 3.05) is 25.0 Å². The van der Waals surface area contributed by atoms with Crippen LogP contribution in [-0.4, -0.2) is 31.5 Å². The average molecular weight is 368 g/mol. The fourth-order valence-corrected chi connectivity index (χ4v) is 3.05. The fraction of sp³-hybridized carbons (Fsp3) is 0.333. The highest BCUT2D eigenvalue weighted by molar-refractivity contribution is 5.94. The highest BCUT2D eigenvalue weighted by atomic mass is 19.1. The molecule has 5 nitrogen and oxygen atoms in total. The van der Waals surface area contributed by atoms with E-state index in [2.05, 4.69) is 20.9 Å². The van der Waals surface area contributed by atoms with E-state index in [1.807, 2.05) is 49.4 Å². The maximum atomic E-state index is 14.1. The summed E-state index contributed by atoms with van der Waals surface area (Å²) in [5, 5.41) is 9.20. The van der Waals surface area contributed by atoms with Crippen LogP contribution in [0.2, 0.25) is 0 Å². The van der Waals surface area contributed by atoms with Crippen LogP contribution < -0.4 is 16.0 Å². The minimum Gasteiger partial charge on any atom is -0.357 e. The fourth-order valence-electron chi connectivity index (χ4n) is 3.05. The highest BCUT2D eigenvalue weighted by Crippen LogP contribution is 2.48. The first kappa shape index (κ1) is 18.9. The number of halogens is 1. The maximum Gasteiger partial charge on any atom is 0.246 e. The monoisotopic (exact) mass is 368 g/mol. The Morgan fingerprint density at radius 1 is 1.07 bits per heavy atom. The molecule has 6 heteroatoms. The van der Waals surface area contributed by atoms with Crippen LogP contribution in [0.1, 0.15) is 25.3 Å². The quantitative estimate of drug-likeness (QED) is 0.520. The van der Waals surface area contributed by atoms with Crippen molar-refractivity contribution >= 4 is 17.6 Å². The molecule has 0 heterocycles. The molecule has 0 atom stereocenters. The first-order valence-corrected chi connectivity index (χ1v) is 9.25. The number of guanidine groups is 1. The molecular weight excluding hydrogens is 343 g/mol. The van der Waals surface area contributed by atoms with Gasteiger partial charge in [0.15, 0.2) is 5.96 Å². The molecule has 1 fully saturated rings. The topological polar surface area (TPSA) is 65.5 Å². The van der Waals surface area contributed by atoms with Crippen molar-refractivity contribution in [3.8, 4) is 0 Å². The summed E-state index contributed by atoms with van der Waals surface area (Å²) in [4.78, 5) is 16.4. The SMILES string of the molecule is CCNC(=NCC(=O)Nc1ccccc1)NCC1(c2ccccc2F)CC1. The number of rotatable bonds is 7. The van der Waals surface area contributed by atoms with Gasteiger partial charge in [-0.15, -0.1) is 0 Å². The molecule has 0 bridgehead atoms. The van der Waals surface area contributed by atoms with Gasteiger partial charge < -0.3 is 16.0 Å². The second-order valence-electron chi connectivity index (χ2n) is 6.72. The Morgan fingerprint density at radius 3 is 2.44 bits per heavy atom. The summed E-state index contributed by atoms with van der Waals surface area (Å²) in [5.41, 5.74) is 1.30. The number of hydrogen-bond acceptors (Lipinski definition) is 2. The molecule has 3 N–H and O–H groups in total. The number of nitrogens with zero attached hydrogens (tertiary/aromatic N) is 1. The lowest BCUT2D eigenvalue weighted by Crippen LogP contribution is -2.42. The molecule has 1 amide bonds. The van der Waals surface area contributed by atoms with Crippen molar-refractivity contribution in [2.24, 2.45) is 4.99 Å². The number of anilines is 1. The molecule has 0 radical (unpaired) electrons. The van der Waals surface area contributed by atoms with Gasteiger partial charge in [-0.05, 0) is 43.5 Å². The summed E-state index contributed by atoms with van der Waals surface area (Å²) in [7, 11) is 0. The first-order valence-electron chi connectivity index (χ1n) is 9.25. The van der Waals surface area contributed by atoms with Crippen LogP contribution in [0.25, 0.3) is 0 Å². The van der Waals surface area contributed by atoms with E-state index in [0.29, 0.717) is 19.0 Å². The van der Waals surface area contributed by atoms with Crippen LogP contribution in [-0.2, 0) is 10.2 Å². The smallest absolute Gasteiger partial charge is 0.246 e. The van der Waals surface area contributed by atoms with Gasteiger partial charge in [-0.25, -0.2) is 9.38 Å². The standard InChI is InChI=1S/C21H25FN4O/c1-2-23-20(24-14-19(27)26-16-8-4-3-5-9-16)25-15-21(12-13-21)17-10-6-7-11-18(17)22/h3-11H,2,12-15H2,1H3,(H,26,27)(H2,23,24,25). The van der Waals surface area contributed by atoms with Gasteiger partial charge in [0, 0.05) is 24.2 Å². The summed E-state index contributed by atoms with van der Waals surface area (Å²) in [6.07, 6.45) is 1.88. The number of aliphatic imine (C=N–C) groups is 1. The van der Waals surface area contributed by atoms with Gasteiger partial charge in [0.2, 0.25) is 5.91 Å². The zero-order chi connectivity index (χ0) is 19.1. The Labute approximate surface area is 159 Å². The Bertz CT molecular complexity index is 803. The normalized spacial score (nSPS) is 15.1. The van der Waals surface area contributed by atoms with E-state index in [0.717, 1.165) is 24.1 Å². The van der Waals surface area contributed by atoms with Gasteiger partial charge >= 0.3 is 0 Å². The van der Waals surface area contributed by atoms with Crippen molar-refractivity contribution in [1.82, 2.24) is 10.6 Å². The summed E-state index contributed by atoms with van der Waals surface area (Å²) >= 11 is 0. The minimum atomic E-state index is -0.187. The molecule has 0 saturated heterocycles. The zero-order valence-corrected chi connectivity index (χ0v) is 15.5. The lowest BCUT2D eigenvalue weighted by Gasteiger charge is -2.19. The van der Waals surface area contributed by atoms with E-state index < -0.39 is 0 Å². The Hall–Kier alpha value is -2.89. The number of carbonyl (C=O) groups is 1. The second-order valence-corrected chi connectivity index (χ2v) is 6.72. The molecule has 0 aliphatic heterocycles. The maximum absolute atomic E-state index is 14.1. The lowest BCUT2D eigenvalue weighted by atomic mass is 9.95. The van der Waals surface area contributed by atoms with Crippen LogP contribution >= 0.6 is 0 Å². The van der Waals surface area contributed by atoms with Gasteiger partial charge in [-0.2, -0.15) is 0 Å². The third-order valence-electron chi connectivity index (χ3n) is 4.68. The lowest BCUT2D eigenvalue weighted by molar-refractivity contribution is -0.114. The van der Waals surface area contributed by atoms with Crippen LogP contribution in [0, 0.1) is 5.82 Å². The number of para-hydroxylation sites is 1. The van der Waals surface area contributed by atoms with Crippen molar-refractivity contribution in [2.45, 2.75) is 25.2 Å². The number of hydrogen-bond donors (Lipinski definition) is 3. The first-order chi connectivity index (χ1) is 13.1. The molecule has 3 rings (SSSR count). The molecule has 0 unspecified atom stereocenters. The molecular formula is C21H25FN4O.